The highest BCUT2D eigenvalue weighted by Crippen LogP contribution is 2.40. The van der Waals surface area contributed by atoms with E-state index in [0.717, 1.165) is 25.7 Å². The molecule has 2 N–H and O–H groups in total. The fourth-order valence-electron chi connectivity index (χ4n) is 2.15. The average molecular weight is 243 g/mol. The van der Waals surface area contributed by atoms with Gasteiger partial charge < -0.3 is 9.84 Å². The zero-order valence-electron chi connectivity index (χ0n) is 11.2. The highest BCUT2D eigenvalue weighted by Gasteiger charge is 2.51. The normalized spacial score (nSPS) is 19.3. The molecule has 0 aromatic heterocycles. The van der Waals surface area contributed by atoms with E-state index in [1.54, 1.807) is 0 Å². The summed E-state index contributed by atoms with van der Waals surface area (Å²) in [5.41, 5.74) is -0.873. The molecular formula is C13H25NO3. The van der Waals surface area contributed by atoms with E-state index < -0.39 is 11.5 Å². The third kappa shape index (κ3) is 3.96. The molecule has 1 atom stereocenters. The van der Waals surface area contributed by atoms with Gasteiger partial charge in [-0.2, -0.15) is 0 Å². The number of nitrogens with one attached hydrogen (secondary N) is 1. The van der Waals surface area contributed by atoms with Gasteiger partial charge in [0.25, 0.3) is 0 Å². The first-order valence-electron chi connectivity index (χ1n) is 6.61. The number of carbonyl (C=O) groups is 1. The summed E-state index contributed by atoms with van der Waals surface area (Å²) in [5, 5.41) is 12.7. The molecule has 0 amide bonds. The lowest BCUT2D eigenvalue weighted by molar-refractivity contribution is -0.149. The van der Waals surface area contributed by atoms with Gasteiger partial charge in [-0.25, -0.2) is 0 Å². The highest BCUT2D eigenvalue weighted by atomic mass is 16.5. The lowest BCUT2D eigenvalue weighted by Crippen LogP contribution is -2.59. The van der Waals surface area contributed by atoms with Gasteiger partial charge in [0.15, 0.2) is 0 Å². The van der Waals surface area contributed by atoms with Crippen molar-refractivity contribution in [3.05, 3.63) is 0 Å². The van der Waals surface area contributed by atoms with Gasteiger partial charge in [-0.1, -0.05) is 13.3 Å². The molecule has 1 aliphatic rings. The molecule has 4 heteroatoms. The van der Waals surface area contributed by atoms with Gasteiger partial charge in [-0.05, 0) is 39.0 Å². The smallest absolute Gasteiger partial charge is 0.326 e. The summed E-state index contributed by atoms with van der Waals surface area (Å²) < 4.78 is 5.56. The number of hydrogen-bond donors (Lipinski definition) is 2. The number of carboxylic acids is 1. The predicted molar refractivity (Wildman–Crippen MR) is 67.1 cm³/mol. The molecule has 0 heterocycles. The maximum Gasteiger partial charge on any atom is 0.326 e. The van der Waals surface area contributed by atoms with Crippen molar-refractivity contribution in [1.29, 1.82) is 0 Å². The zero-order chi connectivity index (χ0) is 12.9. The largest absolute Gasteiger partial charge is 0.480 e. The minimum Gasteiger partial charge on any atom is -0.480 e. The van der Waals surface area contributed by atoms with Crippen LogP contribution in [0.5, 0.6) is 0 Å². The molecule has 1 unspecified atom stereocenters. The van der Waals surface area contributed by atoms with Crippen LogP contribution in [0.2, 0.25) is 0 Å². The fourth-order valence-corrected chi connectivity index (χ4v) is 2.15. The lowest BCUT2D eigenvalue weighted by atomic mass is 9.93. The number of aliphatic carboxylic acids is 1. The van der Waals surface area contributed by atoms with Crippen LogP contribution in [-0.4, -0.2) is 35.9 Å². The maximum absolute atomic E-state index is 11.6. The van der Waals surface area contributed by atoms with E-state index >= 15 is 0 Å². The average Bonchev–Trinajstić information content (AvgIpc) is 3.05. The van der Waals surface area contributed by atoms with E-state index in [4.69, 9.17) is 4.74 Å². The van der Waals surface area contributed by atoms with Crippen LogP contribution in [-0.2, 0) is 9.53 Å². The fraction of sp³-hybridized carbons (Fsp3) is 0.923. The Morgan fingerprint density at radius 1 is 1.53 bits per heavy atom. The van der Waals surface area contributed by atoms with Crippen molar-refractivity contribution in [3.8, 4) is 0 Å². The Bertz CT molecular complexity index is 251. The van der Waals surface area contributed by atoms with E-state index in [0.29, 0.717) is 6.61 Å². The number of rotatable bonds is 9. The second-order valence-electron chi connectivity index (χ2n) is 5.26. The number of carboxylic acid groups (broad SMARTS) is 1. The van der Waals surface area contributed by atoms with Gasteiger partial charge >= 0.3 is 5.97 Å². The molecule has 17 heavy (non-hydrogen) atoms. The van der Waals surface area contributed by atoms with Crippen molar-refractivity contribution in [3.63, 3.8) is 0 Å². The van der Waals surface area contributed by atoms with E-state index in [1.807, 2.05) is 13.8 Å². The third-order valence-corrected chi connectivity index (χ3v) is 3.17. The Kier molecular flexibility index (Phi) is 5.40. The second-order valence-corrected chi connectivity index (χ2v) is 5.26. The van der Waals surface area contributed by atoms with Crippen molar-refractivity contribution in [1.82, 2.24) is 5.32 Å². The van der Waals surface area contributed by atoms with Gasteiger partial charge in [-0.3, -0.25) is 10.1 Å². The summed E-state index contributed by atoms with van der Waals surface area (Å²) in [6.45, 7) is 6.99. The molecule has 1 fully saturated rings. The van der Waals surface area contributed by atoms with Crippen molar-refractivity contribution in [2.24, 2.45) is 5.92 Å². The Morgan fingerprint density at radius 2 is 2.18 bits per heavy atom. The van der Waals surface area contributed by atoms with Crippen LogP contribution in [0.15, 0.2) is 0 Å². The predicted octanol–water partition coefficient (Wildman–Crippen LogP) is 2.03. The number of unbranched alkanes of at least 4 members (excludes halogenated alkanes) is 1. The number of hydrogen-bond acceptors (Lipinski definition) is 3. The molecule has 4 nitrogen and oxygen atoms in total. The van der Waals surface area contributed by atoms with Crippen molar-refractivity contribution < 1.29 is 14.6 Å². The summed E-state index contributed by atoms with van der Waals surface area (Å²) in [6, 6.07) is 0.154. The Morgan fingerprint density at radius 3 is 2.59 bits per heavy atom. The van der Waals surface area contributed by atoms with Crippen LogP contribution in [0.25, 0.3) is 0 Å². The van der Waals surface area contributed by atoms with Crippen LogP contribution in [0.4, 0.5) is 0 Å². The molecule has 1 rings (SSSR count). The van der Waals surface area contributed by atoms with E-state index in [9.17, 15) is 9.90 Å². The molecule has 100 valence electrons. The maximum atomic E-state index is 11.6. The summed E-state index contributed by atoms with van der Waals surface area (Å²) >= 11 is 0. The third-order valence-electron chi connectivity index (χ3n) is 3.17. The van der Waals surface area contributed by atoms with Gasteiger partial charge in [0.05, 0.1) is 6.61 Å². The first kappa shape index (κ1) is 14.5. The van der Waals surface area contributed by atoms with Crippen LogP contribution < -0.4 is 5.32 Å². The molecule has 0 saturated heterocycles. The van der Waals surface area contributed by atoms with Crippen LogP contribution >= 0.6 is 0 Å². The molecule has 0 spiro atoms. The zero-order valence-corrected chi connectivity index (χ0v) is 11.2. The molecule has 0 aromatic carbocycles. The lowest BCUT2D eigenvalue weighted by Gasteiger charge is -2.32. The Hall–Kier alpha value is -0.610. The molecule has 1 aliphatic carbocycles. The van der Waals surface area contributed by atoms with E-state index in [1.165, 1.54) is 0 Å². The van der Waals surface area contributed by atoms with Gasteiger partial charge in [0, 0.05) is 12.6 Å². The van der Waals surface area contributed by atoms with Gasteiger partial charge in [0.1, 0.15) is 5.54 Å². The minimum absolute atomic E-state index is 0.154. The van der Waals surface area contributed by atoms with E-state index in [-0.39, 0.29) is 18.6 Å². The Labute approximate surface area is 104 Å². The van der Waals surface area contributed by atoms with Crippen molar-refractivity contribution in [2.45, 2.75) is 58.0 Å². The standard InChI is InChI=1S/C13H25NO3/c1-4-5-8-17-9-13(12(15)16,11-6-7-11)14-10(2)3/h10-11,14H,4-9H2,1-3H3,(H,15,16). The summed E-state index contributed by atoms with van der Waals surface area (Å²) in [4.78, 5) is 11.6. The second kappa shape index (κ2) is 6.36. The van der Waals surface area contributed by atoms with Gasteiger partial charge in [-0.15, -0.1) is 0 Å². The first-order chi connectivity index (χ1) is 8.03. The highest BCUT2D eigenvalue weighted by molar-refractivity contribution is 5.80. The molecule has 0 bridgehead atoms. The molecule has 1 saturated carbocycles. The monoisotopic (exact) mass is 243 g/mol. The SMILES string of the molecule is CCCCOCC(NC(C)C)(C(=O)O)C1CC1. The molecule has 0 aromatic rings. The van der Waals surface area contributed by atoms with Gasteiger partial charge in [0.2, 0.25) is 0 Å². The van der Waals surface area contributed by atoms with Crippen LogP contribution in [0.1, 0.15) is 46.5 Å². The van der Waals surface area contributed by atoms with Crippen LogP contribution in [0, 0.1) is 5.92 Å². The quantitative estimate of drug-likeness (QED) is 0.608. The molecule has 0 aliphatic heterocycles. The first-order valence-corrected chi connectivity index (χ1v) is 6.61. The van der Waals surface area contributed by atoms with Crippen molar-refractivity contribution in [2.75, 3.05) is 13.2 Å². The minimum atomic E-state index is -0.873. The summed E-state index contributed by atoms with van der Waals surface area (Å²) in [5.74, 6) is -0.547. The molecular weight excluding hydrogens is 218 g/mol. The Balaban J connectivity index is 2.59. The van der Waals surface area contributed by atoms with E-state index in [2.05, 4.69) is 12.2 Å². The summed E-state index contributed by atoms with van der Waals surface area (Å²) in [7, 11) is 0. The van der Waals surface area contributed by atoms with Crippen LogP contribution in [0.3, 0.4) is 0 Å². The molecule has 0 radical (unpaired) electrons. The topological polar surface area (TPSA) is 58.6 Å². The number of ether oxygens (including phenoxy) is 1. The summed E-state index contributed by atoms with van der Waals surface area (Å²) in [6.07, 6.45) is 4.04. The van der Waals surface area contributed by atoms with Crippen molar-refractivity contribution >= 4 is 5.97 Å².